The van der Waals surface area contributed by atoms with Gasteiger partial charge >= 0.3 is 18.1 Å². The number of halogens is 3. The van der Waals surface area contributed by atoms with E-state index in [0.29, 0.717) is 11.4 Å². The normalized spacial score (nSPS) is 19.6. The minimum atomic E-state index is -4.56. The van der Waals surface area contributed by atoms with Gasteiger partial charge in [-0.05, 0) is 26.0 Å². The molecule has 9 heteroatoms. The van der Waals surface area contributed by atoms with Crippen molar-refractivity contribution in [2.24, 2.45) is 5.92 Å². The number of ether oxygens (including phenoxy) is 3. The van der Waals surface area contributed by atoms with Gasteiger partial charge in [-0.3, -0.25) is 0 Å². The average Bonchev–Trinajstić information content (AvgIpc) is 3.21. The Morgan fingerprint density at radius 3 is 2.10 bits per heavy atom. The Labute approximate surface area is 177 Å². The number of dihydropyridines is 1. The number of alkyl halides is 3. The van der Waals surface area contributed by atoms with Gasteiger partial charge in [0.25, 0.3) is 0 Å². The molecular formula is C22H22F3NO5. The molecule has 0 saturated heterocycles. The van der Waals surface area contributed by atoms with Crippen LogP contribution >= 0.6 is 0 Å². The highest BCUT2D eigenvalue weighted by Crippen LogP contribution is 2.43. The molecule has 166 valence electrons. The average molecular weight is 437 g/mol. The molecule has 3 rings (SSSR count). The van der Waals surface area contributed by atoms with Crippen LogP contribution < -0.4 is 5.32 Å². The Balaban J connectivity index is 2.02. The van der Waals surface area contributed by atoms with Gasteiger partial charge in [0.1, 0.15) is 11.9 Å². The summed E-state index contributed by atoms with van der Waals surface area (Å²) in [6, 6.07) is 5.09. The van der Waals surface area contributed by atoms with Crippen molar-refractivity contribution in [2.75, 3.05) is 14.2 Å². The third-order valence-corrected chi connectivity index (χ3v) is 5.30. The zero-order valence-electron chi connectivity index (χ0n) is 17.4. The van der Waals surface area contributed by atoms with E-state index >= 15 is 0 Å². The van der Waals surface area contributed by atoms with Gasteiger partial charge in [0.05, 0.1) is 36.8 Å². The molecule has 0 spiro atoms. The van der Waals surface area contributed by atoms with Crippen molar-refractivity contribution >= 4 is 17.7 Å². The first-order valence-electron chi connectivity index (χ1n) is 9.48. The van der Waals surface area contributed by atoms with Crippen molar-refractivity contribution in [1.29, 1.82) is 0 Å². The molecule has 0 fully saturated rings. The Morgan fingerprint density at radius 2 is 1.58 bits per heavy atom. The lowest BCUT2D eigenvalue weighted by atomic mass is 9.80. The van der Waals surface area contributed by atoms with Crippen LogP contribution in [0.5, 0.6) is 0 Å². The quantitative estimate of drug-likeness (QED) is 0.720. The summed E-state index contributed by atoms with van der Waals surface area (Å²) in [6.45, 7) is 3.30. The molecule has 31 heavy (non-hydrogen) atoms. The van der Waals surface area contributed by atoms with Crippen LogP contribution in [0.4, 0.5) is 13.2 Å². The van der Waals surface area contributed by atoms with Crippen molar-refractivity contribution < 1.29 is 37.0 Å². The van der Waals surface area contributed by atoms with E-state index in [1.807, 2.05) is 0 Å². The van der Waals surface area contributed by atoms with Gasteiger partial charge < -0.3 is 19.5 Å². The Kier molecular flexibility index (Phi) is 6.15. The maximum Gasteiger partial charge on any atom is 0.417 e. The van der Waals surface area contributed by atoms with Gasteiger partial charge in [-0.1, -0.05) is 18.2 Å². The van der Waals surface area contributed by atoms with E-state index in [9.17, 15) is 22.8 Å². The summed E-state index contributed by atoms with van der Waals surface area (Å²) in [5, 5.41) is 2.97. The zero-order chi connectivity index (χ0) is 22.9. The first-order chi connectivity index (χ1) is 14.6. The van der Waals surface area contributed by atoms with Gasteiger partial charge in [0.15, 0.2) is 0 Å². The number of allylic oxidation sites excluding steroid dienone is 2. The van der Waals surface area contributed by atoms with Crippen LogP contribution in [0.2, 0.25) is 0 Å². The lowest BCUT2D eigenvalue weighted by molar-refractivity contribution is -0.139. The van der Waals surface area contributed by atoms with E-state index < -0.39 is 35.7 Å². The summed E-state index contributed by atoms with van der Waals surface area (Å²) in [6.07, 6.45) is -3.64. The molecular weight excluding hydrogens is 415 g/mol. The number of benzene rings is 1. The van der Waals surface area contributed by atoms with E-state index in [-0.39, 0.29) is 28.9 Å². The van der Waals surface area contributed by atoms with Crippen molar-refractivity contribution in [2.45, 2.75) is 32.5 Å². The van der Waals surface area contributed by atoms with E-state index in [1.165, 1.54) is 38.5 Å². The molecule has 6 nitrogen and oxygen atoms in total. The molecule has 2 aliphatic rings. The van der Waals surface area contributed by atoms with Crippen molar-refractivity contribution in [3.8, 4) is 0 Å². The molecule has 1 atom stereocenters. The lowest BCUT2D eigenvalue weighted by Crippen LogP contribution is -2.39. The number of nitrogens with one attached hydrogen (secondary N) is 1. The van der Waals surface area contributed by atoms with Gasteiger partial charge in [-0.25, -0.2) is 9.59 Å². The highest BCUT2D eigenvalue weighted by molar-refractivity contribution is 5.98. The Bertz CT molecular complexity index is 969. The standard InChI is InChI=1S/C22H22F3NO5/c1-11-17(20(27)29-3)19(18(12(2)26-11)21(28)30-4)16-10-9-15(31-16)13-7-5-6-8-14(13)22(23,24)25/h5-9,16,19,26H,10H2,1-4H3. The summed E-state index contributed by atoms with van der Waals surface area (Å²) in [5.41, 5.74) is 0.332. The minimum Gasteiger partial charge on any atom is -0.489 e. The highest BCUT2D eigenvalue weighted by Gasteiger charge is 2.44. The maximum atomic E-state index is 13.5. The summed E-state index contributed by atoms with van der Waals surface area (Å²) < 4.78 is 56.1. The molecule has 0 aromatic heterocycles. The van der Waals surface area contributed by atoms with Crippen molar-refractivity contribution in [1.82, 2.24) is 5.32 Å². The predicted octanol–water partition coefficient (Wildman–Crippen LogP) is 3.95. The minimum absolute atomic E-state index is 0.0418. The monoisotopic (exact) mass is 437 g/mol. The largest absolute Gasteiger partial charge is 0.489 e. The maximum absolute atomic E-state index is 13.5. The number of methoxy groups -OCH3 is 2. The molecule has 1 N–H and O–H groups in total. The molecule has 0 aliphatic carbocycles. The van der Waals surface area contributed by atoms with E-state index in [4.69, 9.17) is 14.2 Å². The third-order valence-electron chi connectivity index (χ3n) is 5.30. The molecule has 1 aromatic carbocycles. The van der Waals surface area contributed by atoms with E-state index in [0.717, 1.165) is 6.07 Å². The second-order valence-corrected chi connectivity index (χ2v) is 7.17. The lowest BCUT2D eigenvalue weighted by Gasteiger charge is -2.33. The number of esters is 2. The summed E-state index contributed by atoms with van der Waals surface area (Å²) in [5.74, 6) is -2.18. The van der Waals surface area contributed by atoms with Crippen LogP contribution in [0.15, 0.2) is 52.9 Å². The van der Waals surface area contributed by atoms with E-state index in [2.05, 4.69) is 5.32 Å². The van der Waals surface area contributed by atoms with Crippen LogP contribution in [0.3, 0.4) is 0 Å². The number of carbonyl (C=O) groups is 2. The predicted molar refractivity (Wildman–Crippen MR) is 105 cm³/mol. The molecule has 0 amide bonds. The van der Waals surface area contributed by atoms with Gasteiger partial charge in [0.2, 0.25) is 0 Å². The van der Waals surface area contributed by atoms with Gasteiger partial charge in [0, 0.05) is 23.4 Å². The topological polar surface area (TPSA) is 73.9 Å². The van der Waals surface area contributed by atoms with Crippen molar-refractivity contribution in [3.05, 3.63) is 64.0 Å². The molecule has 0 bridgehead atoms. The van der Waals surface area contributed by atoms with Crippen LogP contribution in [0, 0.1) is 5.92 Å². The van der Waals surface area contributed by atoms with Crippen LogP contribution in [0.25, 0.3) is 5.76 Å². The number of hydrogen-bond donors (Lipinski definition) is 1. The van der Waals surface area contributed by atoms with Crippen LogP contribution in [0.1, 0.15) is 31.4 Å². The summed E-state index contributed by atoms with van der Waals surface area (Å²) >= 11 is 0. The molecule has 0 saturated carbocycles. The first kappa shape index (κ1) is 22.5. The molecule has 2 heterocycles. The Hall–Kier alpha value is -3.23. The second-order valence-electron chi connectivity index (χ2n) is 7.17. The zero-order valence-corrected chi connectivity index (χ0v) is 17.4. The third kappa shape index (κ3) is 4.17. The molecule has 2 aliphatic heterocycles. The highest BCUT2D eigenvalue weighted by atomic mass is 19.4. The smallest absolute Gasteiger partial charge is 0.417 e. The van der Waals surface area contributed by atoms with Crippen molar-refractivity contribution in [3.63, 3.8) is 0 Å². The van der Waals surface area contributed by atoms with Crippen LogP contribution in [-0.4, -0.2) is 32.3 Å². The van der Waals surface area contributed by atoms with Gasteiger partial charge in [-0.2, -0.15) is 13.2 Å². The van der Waals surface area contributed by atoms with E-state index in [1.54, 1.807) is 13.8 Å². The SMILES string of the molecule is COC(=O)C1=C(C)NC(C)=C(C(=O)OC)C1C1CC=C(c2ccccc2C(F)(F)F)O1. The molecule has 1 unspecified atom stereocenters. The number of rotatable bonds is 4. The van der Waals surface area contributed by atoms with Crippen LogP contribution in [-0.2, 0) is 30.0 Å². The fourth-order valence-electron chi connectivity index (χ4n) is 3.98. The molecule has 0 radical (unpaired) electrons. The molecule has 1 aromatic rings. The Morgan fingerprint density at radius 1 is 1.03 bits per heavy atom. The number of carbonyl (C=O) groups excluding carboxylic acids is 2. The summed E-state index contributed by atoms with van der Waals surface area (Å²) in [7, 11) is 2.42. The fourth-order valence-corrected chi connectivity index (χ4v) is 3.98. The fraction of sp³-hybridized carbons (Fsp3) is 0.364. The first-order valence-corrected chi connectivity index (χ1v) is 9.48. The van der Waals surface area contributed by atoms with Gasteiger partial charge in [-0.15, -0.1) is 0 Å². The summed E-state index contributed by atoms with van der Waals surface area (Å²) in [4.78, 5) is 25.1. The number of hydrogen-bond acceptors (Lipinski definition) is 6. The second kappa shape index (κ2) is 8.49.